The summed E-state index contributed by atoms with van der Waals surface area (Å²) in [7, 11) is 0. The number of rotatable bonds is 2. The minimum Gasteiger partial charge on any atom is -0.326 e. The van der Waals surface area contributed by atoms with Crippen molar-refractivity contribution in [2.24, 2.45) is 5.92 Å². The third-order valence-electron chi connectivity index (χ3n) is 3.43. The van der Waals surface area contributed by atoms with E-state index in [0.717, 1.165) is 30.6 Å². The molecule has 106 valence electrons. The van der Waals surface area contributed by atoms with Crippen LogP contribution in [-0.4, -0.2) is 18.5 Å². The summed E-state index contributed by atoms with van der Waals surface area (Å²) >= 11 is 6.04. The molecule has 3 nitrogen and oxygen atoms in total. The second kappa shape index (κ2) is 7.13. The Bertz CT molecular complexity index is 451. The minimum atomic E-state index is 0. The molecule has 0 aromatic heterocycles. The van der Waals surface area contributed by atoms with Gasteiger partial charge in [-0.15, -0.1) is 12.4 Å². The molecule has 1 saturated heterocycles. The Hall–Kier alpha value is -0.770. The van der Waals surface area contributed by atoms with E-state index in [-0.39, 0.29) is 24.2 Å². The Kier molecular flexibility index (Phi) is 6.11. The maximum atomic E-state index is 12.1. The number of carbonyl (C=O) groups excluding carboxylic acids is 1. The standard InChI is InChI=1S/C14H19ClN2O.ClH/c1-9-3-4-12(8-13(9)15)17-14(18)11-5-6-16-10(2)7-11;/h3-4,8,10-11,16H,5-7H2,1-2H3,(H,17,18);1H/t10-,11-;/m0./s1. The van der Waals surface area contributed by atoms with E-state index in [2.05, 4.69) is 17.6 Å². The van der Waals surface area contributed by atoms with Crippen LogP contribution in [0.15, 0.2) is 18.2 Å². The molecule has 0 radical (unpaired) electrons. The van der Waals surface area contributed by atoms with Gasteiger partial charge in [0.2, 0.25) is 5.91 Å². The van der Waals surface area contributed by atoms with Gasteiger partial charge in [-0.05, 0) is 50.9 Å². The van der Waals surface area contributed by atoms with E-state index < -0.39 is 0 Å². The number of benzene rings is 1. The molecule has 2 N–H and O–H groups in total. The van der Waals surface area contributed by atoms with Crippen LogP contribution in [0.3, 0.4) is 0 Å². The van der Waals surface area contributed by atoms with E-state index >= 15 is 0 Å². The fraction of sp³-hybridized carbons (Fsp3) is 0.500. The van der Waals surface area contributed by atoms with Crippen LogP contribution in [0, 0.1) is 12.8 Å². The summed E-state index contributed by atoms with van der Waals surface area (Å²) in [5.41, 5.74) is 1.80. The number of piperidine rings is 1. The summed E-state index contributed by atoms with van der Waals surface area (Å²) in [6.45, 7) is 4.97. The van der Waals surface area contributed by atoms with Crippen LogP contribution in [0.25, 0.3) is 0 Å². The average Bonchev–Trinajstić information content (AvgIpc) is 2.34. The molecule has 0 saturated carbocycles. The first-order chi connectivity index (χ1) is 8.56. The van der Waals surface area contributed by atoms with Crippen molar-refractivity contribution in [3.05, 3.63) is 28.8 Å². The van der Waals surface area contributed by atoms with Gasteiger partial charge in [0.1, 0.15) is 0 Å². The number of aryl methyl sites for hydroxylation is 1. The van der Waals surface area contributed by atoms with Gasteiger partial charge < -0.3 is 10.6 Å². The number of halogens is 2. The molecular weight excluding hydrogens is 283 g/mol. The van der Waals surface area contributed by atoms with Crippen LogP contribution in [-0.2, 0) is 4.79 Å². The third-order valence-corrected chi connectivity index (χ3v) is 3.84. The fourth-order valence-corrected chi connectivity index (χ4v) is 2.47. The Labute approximate surface area is 125 Å². The molecule has 2 rings (SSSR count). The SMILES string of the molecule is Cc1ccc(NC(=O)[C@H]2CCN[C@@H](C)C2)cc1Cl.Cl. The zero-order chi connectivity index (χ0) is 13.1. The molecule has 0 aliphatic carbocycles. The van der Waals surface area contributed by atoms with E-state index in [9.17, 15) is 4.79 Å². The zero-order valence-electron chi connectivity index (χ0n) is 11.2. The van der Waals surface area contributed by atoms with Gasteiger partial charge in [0, 0.05) is 22.7 Å². The number of hydrogen-bond donors (Lipinski definition) is 2. The normalized spacial score (nSPS) is 22.5. The van der Waals surface area contributed by atoms with Gasteiger partial charge in [-0.3, -0.25) is 4.79 Å². The van der Waals surface area contributed by atoms with Crippen molar-refractivity contribution >= 4 is 35.6 Å². The molecule has 1 heterocycles. The highest BCUT2D eigenvalue weighted by Gasteiger charge is 2.24. The van der Waals surface area contributed by atoms with Gasteiger partial charge in [0.05, 0.1) is 0 Å². The molecule has 1 aliphatic heterocycles. The molecule has 1 aliphatic rings. The predicted molar refractivity (Wildman–Crippen MR) is 82.3 cm³/mol. The number of nitrogens with one attached hydrogen (secondary N) is 2. The minimum absolute atomic E-state index is 0. The number of carbonyl (C=O) groups is 1. The van der Waals surface area contributed by atoms with Crippen LogP contribution < -0.4 is 10.6 Å². The highest BCUT2D eigenvalue weighted by molar-refractivity contribution is 6.31. The summed E-state index contributed by atoms with van der Waals surface area (Å²) in [6.07, 6.45) is 1.79. The summed E-state index contributed by atoms with van der Waals surface area (Å²) in [4.78, 5) is 12.1. The molecule has 2 atom stereocenters. The summed E-state index contributed by atoms with van der Waals surface area (Å²) < 4.78 is 0. The van der Waals surface area contributed by atoms with Crippen LogP contribution in [0.2, 0.25) is 5.02 Å². The Morgan fingerprint density at radius 3 is 2.84 bits per heavy atom. The summed E-state index contributed by atoms with van der Waals surface area (Å²) in [5.74, 6) is 0.199. The van der Waals surface area contributed by atoms with Gasteiger partial charge in [-0.2, -0.15) is 0 Å². The zero-order valence-corrected chi connectivity index (χ0v) is 12.8. The maximum Gasteiger partial charge on any atom is 0.227 e. The van der Waals surface area contributed by atoms with Crippen LogP contribution >= 0.6 is 24.0 Å². The van der Waals surface area contributed by atoms with E-state index in [1.54, 1.807) is 6.07 Å². The van der Waals surface area contributed by atoms with Crippen molar-refractivity contribution in [2.75, 3.05) is 11.9 Å². The van der Waals surface area contributed by atoms with E-state index in [1.165, 1.54) is 0 Å². The Morgan fingerprint density at radius 1 is 1.47 bits per heavy atom. The summed E-state index contributed by atoms with van der Waals surface area (Å²) in [5, 5.41) is 6.98. The highest BCUT2D eigenvalue weighted by atomic mass is 35.5. The van der Waals surface area contributed by atoms with Crippen LogP contribution in [0.1, 0.15) is 25.3 Å². The molecule has 19 heavy (non-hydrogen) atoms. The highest BCUT2D eigenvalue weighted by Crippen LogP contribution is 2.22. The number of anilines is 1. The maximum absolute atomic E-state index is 12.1. The van der Waals surface area contributed by atoms with E-state index in [0.29, 0.717) is 11.1 Å². The first-order valence-electron chi connectivity index (χ1n) is 6.36. The van der Waals surface area contributed by atoms with Crippen molar-refractivity contribution in [1.29, 1.82) is 0 Å². The van der Waals surface area contributed by atoms with Gasteiger partial charge >= 0.3 is 0 Å². The molecule has 1 aromatic rings. The molecule has 1 amide bonds. The number of amides is 1. The second-order valence-electron chi connectivity index (χ2n) is 5.03. The van der Waals surface area contributed by atoms with Crippen LogP contribution in [0.5, 0.6) is 0 Å². The lowest BCUT2D eigenvalue weighted by Gasteiger charge is -2.27. The van der Waals surface area contributed by atoms with Crippen LogP contribution in [0.4, 0.5) is 5.69 Å². The lowest BCUT2D eigenvalue weighted by molar-refractivity contribution is -0.120. The number of hydrogen-bond acceptors (Lipinski definition) is 2. The second-order valence-corrected chi connectivity index (χ2v) is 5.44. The lowest BCUT2D eigenvalue weighted by atomic mass is 9.92. The first kappa shape index (κ1) is 16.3. The fourth-order valence-electron chi connectivity index (χ4n) is 2.28. The average molecular weight is 303 g/mol. The van der Waals surface area contributed by atoms with E-state index in [4.69, 9.17) is 11.6 Å². The predicted octanol–water partition coefficient (Wildman–Crippen LogP) is 3.40. The first-order valence-corrected chi connectivity index (χ1v) is 6.74. The molecule has 1 aromatic carbocycles. The third kappa shape index (κ3) is 4.37. The Balaban J connectivity index is 0.00000180. The molecule has 0 spiro atoms. The van der Waals surface area contributed by atoms with E-state index in [1.807, 2.05) is 19.1 Å². The van der Waals surface area contributed by atoms with Gasteiger partial charge in [0.25, 0.3) is 0 Å². The molecule has 0 unspecified atom stereocenters. The Morgan fingerprint density at radius 2 is 2.21 bits per heavy atom. The smallest absolute Gasteiger partial charge is 0.227 e. The topological polar surface area (TPSA) is 41.1 Å². The largest absolute Gasteiger partial charge is 0.326 e. The van der Waals surface area contributed by atoms with Gasteiger partial charge in [-0.25, -0.2) is 0 Å². The molecule has 5 heteroatoms. The van der Waals surface area contributed by atoms with Gasteiger partial charge in [-0.1, -0.05) is 17.7 Å². The molecule has 0 bridgehead atoms. The molecule has 1 fully saturated rings. The van der Waals surface area contributed by atoms with Crippen molar-refractivity contribution in [3.8, 4) is 0 Å². The van der Waals surface area contributed by atoms with Crippen molar-refractivity contribution in [1.82, 2.24) is 5.32 Å². The van der Waals surface area contributed by atoms with Crippen molar-refractivity contribution < 1.29 is 4.79 Å². The van der Waals surface area contributed by atoms with Crippen molar-refractivity contribution in [2.45, 2.75) is 32.7 Å². The van der Waals surface area contributed by atoms with Gasteiger partial charge in [0.15, 0.2) is 0 Å². The summed E-state index contributed by atoms with van der Waals surface area (Å²) in [6, 6.07) is 6.03. The lowest BCUT2D eigenvalue weighted by Crippen LogP contribution is -2.40. The monoisotopic (exact) mass is 302 g/mol. The molecular formula is C14H20Cl2N2O. The quantitative estimate of drug-likeness (QED) is 0.879. The van der Waals surface area contributed by atoms with Crippen molar-refractivity contribution in [3.63, 3.8) is 0 Å².